The maximum absolute atomic E-state index is 11.0. The molecule has 0 fully saturated rings. The zero-order valence-corrected chi connectivity index (χ0v) is 10.2. The lowest BCUT2D eigenvalue weighted by Gasteiger charge is -2.07. The van der Waals surface area contributed by atoms with Gasteiger partial charge in [0.25, 0.3) is 0 Å². The quantitative estimate of drug-likeness (QED) is 0.898. The SMILES string of the molecule is Cn1ncc(C(=O)O)c1COc1ccc(C#N)cc1. The number of nitriles is 1. The third-order valence-corrected chi connectivity index (χ3v) is 2.65. The van der Waals surface area contributed by atoms with Gasteiger partial charge in [0.1, 0.15) is 17.9 Å². The first-order chi connectivity index (χ1) is 9.11. The highest BCUT2D eigenvalue weighted by Crippen LogP contribution is 2.15. The van der Waals surface area contributed by atoms with Gasteiger partial charge in [0.2, 0.25) is 0 Å². The highest BCUT2D eigenvalue weighted by atomic mass is 16.5. The summed E-state index contributed by atoms with van der Waals surface area (Å²) in [6.45, 7) is 0.101. The van der Waals surface area contributed by atoms with Gasteiger partial charge >= 0.3 is 5.97 Å². The molecule has 0 unspecified atom stereocenters. The van der Waals surface area contributed by atoms with Crippen LogP contribution >= 0.6 is 0 Å². The standard InChI is InChI=1S/C13H11N3O3/c1-16-12(11(7-15-16)13(17)18)8-19-10-4-2-9(6-14)3-5-10/h2-5,7H,8H2,1H3,(H,17,18). The fraction of sp³-hybridized carbons (Fsp3) is 0.154. The van der Waals surface area contributed by atoms with E-state index in [4.69, 9.17) is 15.1 Å². The number of carboxylic acid groups (broad SMARTS) is 1. The molecule has 6 heteroatoms. The van der Waals surface area contributed by atoms with Gasteiger partial charge < -0.3 is 9.84 Å². The number of carboxylic acids is 1. The molecule has 0 aliphatic rings. The summed E-state index contributed by atoms with van der Waals surface area (Å²) < 4.78 is 6.95. The van der Waals surface area contributed by atoms with Crippen LogP contribution in [0, 0.1) is 11.3 Å². The molecule has 6 nitrogen and oxygen atoms in total. The minimum atomic E-state index is -1.04. The van der Waals surface area contributed by atoms with Crippen LogP contribution in [0.25, 0.3) is 0 Å². The van der Waals surface area contributed by atoms with E-state index in [0.29, 0.717) is 17.0 Å². The van der Waals surface area contributed by atoms with Crippen molar-refractivity contribution in [2.75, 3.05) is 0 Å². The van der Waals surface area contributed by atoms with Crippen LogP contribution in [0.3, 0.4) is 0 Å². The maximum atomic E-state index is 11.0. The Morgan fingerprint density at radius 2 is 2.16 bits per heavy atom. The van der Waals surface area contributed by atoms with Crippen LogP contribution in [-0.2, 0) is 13.7 Å². The van der Waals surface area contributed by atoms with E-state index < -0.39 is 5.97 Å². The second-order valence-electron chi connectivity index (χ2n) is 3.86. The molecule has 1 aromatic heterocycles. The van der Waals surface area contributed by atoms with Crippen LogP contribution in [0.5, 0.6) is 5.75 Å². The van der Waals surface area contributed by atoms with E-state index >= 15 is 0 Å². The molecule has 1 N–H and O–H groups in total. The van der Waals surface area contributed by atoms with Gasteiger partial charge in [0, 0.05) is 7.05 Å². The van der Waals surface area contributed by atoms with Gasteiger partial charge in [0.05, 0.1) is 23.5 Å². The van der Waals surface area contributed by atoms with E-state index in [2.05, 4.69) is 5.10 Å². The lowest BCUT2D eigenvalue weighted by atomic mass is 10.2. The van der Waals surface area contributed by atoms with Crippen molar-refractivity contribution in [3.63, 3.8) is 0 Å². The van der Waals surface area contributed by atoms with E-state index in [0.717, 1.165) is 0 Å². The Morgan fingerprint density at radius 3 is 2.74 bits per heavy atom. The molecule has 0 saturated carbocycles. The van der Waals surface area contributed by atoms with Gasteiger partial charge in [-0.1, -0.05) is 0 Å². The van der Waals surface area contributed by atoms with E-state index in [1.165, 1.54) is 10.9 Å². The molecule has 0 bridgehead atoms. The Bertz CT molecular complexity index is 638. The first kappa shape index (κ1) is 12.6. The van der Waals surface area contributed by atoms with Gasteiger partial charge in [0.15, 0.2) is 0 Å². The molecule has 0 saturated heterocycles. The van der Waals surface area contributed by atoms with Crippen molar-refractivity contribution in [1.82, 2.24) is 9.78 Å². The summed E-state index contributed by atoms with van der Waals surface area (Å²) in [5, 5.41) is 21.6. The highest BCUT2D eigenvalue weighted by molar-refractivity contribution is 5.88. The summed E-state index contributed by atoms with van der Waals surface area (Å²) in [5.41, 5.74) is 1.15. The second kappa shape index (κ2) is 5.23. The molecule has 0 atom stereocenters. The van der Waals surface area contributed by atoms with Crippen molar-refractivity contribution in [2.24, 2.45) is 7.05 Å². The molecular formula is C13H11N3O3. The van der Waals surface area contributed by atoms with Crippen molar-refractivity contribution >= 4 is 5.97 Å². The predicted octanol–water partition coefficient (Wildman–Crippen LogP) is 1.57. The molecule has 0 aliphatic carbocycles. The van der Waals surface area contributed by atoms with E-state index in [-0.39, 0.29) is 12.2 Å². The molecule has 0 spiro atoms. The molecule has 2 rings (SSSR count). The predicted molar refractivity (Wildman–Crippen MR) is 65.7 cm³/mol. The molecule has 2 aromatic rings. The highest BCUT2D eigenvalue weighted by Gasteiger charge is 2.15. The number of nitrogens with zero attached hydrogens (tertiary/aromatic N) is 3. The first-order valence-corrected chi connectivity index (χ1v) is 5.49. The first-order valence-electron chi connectivity index (χ1n) is 5.49. The molecule has 96 valence electrons. The van der Waals surface area contributed by atoms with Crippen molar-refractivity contribution in [2.45, 2.75) is 6.61 Å². The van der Waals surface area contributed by atoms with Crippen LogP contribution in [0.4, 0.5) is 0 Å². The van der Waals surface area contributed by atoms with Crippen molar-refractivity contribution in [3.05, 3.63) is 47.3 Å². The second-order valence-corrected chi connectivity index (χ2v) is 3.86. The number of hydrogen-bond donors (Lipinski definition) is 1. The summed E-state index contributed by atoms with van der Waals surface area (Å²) >= 11 is 0. The Labute approximate surface area is 109 Å². The van der Waals surface area contributed by atoms with Gasteiger partial charge in [-0.2, -0.15) is 10.4 Å². The van der Waals surface area contributed by atoms with Crippen LogP contribution in [0.2, 0.25) is 0 Å². The van der Waals surface area contributed by atoms with Gasteiger partial charge in [-0.15, -0.1) is 0 Å². The topological polar surface area (TPSA) is 88.1 Å². The Hall–Kier alpha value is -2.81. The number of aromatic nitrogens is 2. The minimum Gasteiger partial charge on any atom is -0.487 e. The van der Waals surface area contributed by atoms with Crippen LogP contribution in [-0.4, -0.2) is 20.9 Å². The fourth-order valence-corrected chi connectivity index (χ4v) is 1.59. The summed E-state index contributed by atoms with van der Waals surface area (Å²) in [5.74, 6) is -0.469. The average molecular weight is 257 g/mol. The molecule has 19 heavy (non-hydrogen) atoms. The van der Waals surface area contributed by atoms with Crippen molar-refractivity contribution in [3.8, 4) is 11.8 Å². The summed E-state index contributed by atoms with van der Waals surface area (Å²) in [4.78, 5) is 11.0. The maximum Gasteiger partial charge on any atom is 0.339 e. The van der Waals surface area contributed by atoms with E-state index in [1.807, 2.05) is 6.07 Å². The summed E-state index contributed by atoms with van der Waals surface area (Å²) in [7, 11) is 1.66. The van der Waals surface area contributed by atoms with Gasteiger partial charge in [-0.05, 0) is 24.3 Å². The normalized spacial score (nSPS) is 9.89. The smallest absolute Gasteiger partial charge is 0.339 e. The Morgan fingerprint density at radius 1 is 1.47 bits per heavy atom. The Kier molecular flexibility index (Phi) is 3.48. The zero-order chi connectivity index (χ0) is 13.8. The van der Waals surface area contributed by atoms with Gasteiger partial charge in [-0.25, -0.2) is 4.79 Å². The Balaban J connectivity index is 2.12. The monoisotopic (exact) mass is 257 g/mol. The molecular weight excluding hydrogens is 246 g/mol. The lowest BCUT2D eigenvalue weighted by molar-refractivity contribution is 0.0693. The lowest BCUT2D eigenvalue weighted by Crippen LogP contribution is -2.08. The van der Waals surface area contributed by atoms with Gasteiger partial charge in [-0.3, -0.25) is 4.68 Å². The number of carbonyl (C=O) groups is 1. The molecule has 0 radical (unpaired) electrons. The third-order valence-electron chi connectivity index (χ3n) is 2.65. The number of hydrogen-bond acceptors (Lipinski definition) is 4. The molecule has 1 aromatic carbocycles. The van der Waals surface area contributed by atoms with E-state index in [9.17, 15) is 4.79 Å². The summed E-state index contributed by atoms with van der Waals surface area (Å²) in [6.07, 6.45) is 1.29. The van der Waals surface area contributed by atoms with Crippen molar-refractivity contribution in [1.29, 1.82) is 5.26 Å². The number of benzene rings is 1. The van der Waals surface area contributed by atoms with Crippen LogP contribution in [0.1, 0.15) is 21.6 Å². The summed E-state index contributed by atoms with van der Waals surface area (Å²) in [6, 6.07) is 8.60. The number of rotatable bonds is 4. The fourth-order valence-electron chi connectivity index (χ4n) is 1.59. The zero-order valence-electron chi connectivity index (χ0n) is 10.2. The molecule has 0 aliphatic heterocycles. The average Bonchev–Trinajstić information content (AvgIpc) is 2.78. The van der Waals surface area contributed by atoms with Crippen LogP contribution < -0.4 is 4.74 Å². The number of aromatic carboxylic acids is 1. The third kappa shape index (κ3) is 2.72. The number of ether oxygens (including phenoxy) is 1. The molecule has 0 amide bonds. The largest absolute Gasteiger partial charge is 0.487 e. The molecule has 1 heterocycles. The van der Waals surface area contributed by atoms with E-state index in [1.54, 1.807) is 31.3 Å². The number of aryl methyl sites for hydroxylation is 1. The minimum absolute atomic E-state index is 0.101. The van der Waals surface area contributed by atoms with Crippen molar-refractivity contribution < 1.29 is 14.6 Å². The van der Waals surface area contributed by atoms with Crippen LogP contribution in [0.15, 0.2) is 30.5 Å².